The lowest BCUT2D eigenvalue weighted by molar-refractivity contribution is -0.167. The van der Waals surface area contributed by atoms with Crippen LogP contribution in [0.2, 0.25) is 0 Å². The van der Waals surface area contributed by atoms with E-state index in [1.165, 1.54) is 0 Å². The molecule has 0 spiro atoms. The molecule has 8 nitrogen and oxygen atoms in total. The van der Waals surface area contributed by atoms with E-state index in [9.17, 15) is 19.2 Å². The fourth-order valence-electron chi connectivity index (χ4n) is 2.92. The number of carboxylic acid groups (broad SMARTS) is 2. The second-order valence-electron chi connectivity index (χ2n) is 5.00. The molecule has 2 rings (SSSR count). The molecular formula is C13H14O8. The summed E-state index contributed by atoms with van der Waals surface area (Å²) in [5, 5.41) is 17.0. The van der Waals surface area contributed by atoms with Crippen molar-refractivity contribution in [3.8, 4) is 0 Å². The molecule has 4 unspecified atom stereocenters. The van der Waals surface area contributed by atoms with E-state index in [1.807, 2.05) is 0 Å². The molecule has 0 saturated heterocycles. The molecule has 2 aliphatic rings. The van der Waals surface area contributed by atoms with Gasteiger partial charge in [-0.15, -0.1) is 0 Å². The molecule has 114 valence electrons. The molecule has 4 atom stereocenters. The highest BCUT2D eigenvalue weighted by Crippen LogP contribution is 2.48. The van der Waals surface area contributed by atoms with Gasteiger partial charge in [0.05, 0.1) is 11.8 Å². The normalized spacial score (nSPS) is 29.1. The zero-order valence-corrected chi connectivity index (χ0v) is 10.9. The summed E-state index contributed by atoms with van der Waals surface area (Å²) in [6, 6.07) is 0. The number of esters is 2. The first-order valence-electron chi connectivity index (χ1n) is 6.35. The van der Waals surface area contributed by atoms with Crippen molar-refractivity contribution in [2.75, 3.05) is 13.2 Å². The molecule has 1 fully saturated rings. The minimum atomic E-state index is -1.29. The van der Waals surface area contributed by atoms with Gasteiger partial charge in [-0.25, -0.2) is 9.59 Å². The number of allylic oxidation sites excluding steroid dienone is 2. The van der Waals surface area contributed by atoms with Crippen molar-refractivity contribution in [2.45, 2.75) is 6.42 Å². The molecule has 8 heteroatoms. The van der Waals surface area contributed by atoms with Gasteiger partial charge < -0.3 is 19.7 Å². The van der Waals surface area contributed by atoms with E-state index in [0.717, 1.165) is 0 Å². The molecule has 2 N–H and O–H groups in total. The maximum atomic E-state index is 11.9. The first kappa shape index (κ1) is 15.0. The lowest BCUT2D eigenvalue weighted by atomic mass is 9.83. The van der Waals surface area contributed by atoms with Crippen LogP contribution in [0.1, 0.15) is 6.42 Å². The Hall–Kier alpha value is -2.38. The van der Waals surface area contributed by atoms with Gasteiger partial charge in [-0.1, -0.05) is 12.2 Å². The third-order valence-electron chi connectivity index (χ3n) is 3.68. The monoisotopic (exact) mass is 298 g/mol. The quantitative estimate of drug-likeness (QED) is 0.504. The van der Waals surface area contributed by atoms with Crippen LogP contribution in [0.25, 0.3) is 0 Å². The first-order valence-corrected chi connectivity index (χ1v) is 6.35. The van der Waals surface area contributed by atoms with Crippen LogP contribution in [-0.2, 0) is 28.7 Å². The molecule has 0 heterocycles. The van der Waals surface area contributed by atoms with Crippen LogP contribution in [0.5, 0.6) is 0 Å². The molecule has 0 aromatic carbocycles. The lowest BCUT2D eigenvalue weighted by Crippen LogP contribution is -2.36. The molecule has 0 amide bonds. The van der Waals surface area contributed by atoms with Crippen LogP contribution in [-0.4, -0.2) is 47.3 Å². The summed E-state index contributed by atoms with van der Waals surface area (Å²) < 4.78 is 9.30. The highest BCUT2D eigenvalue weighted by atomic mass is 16.6. The topological polar surface area (TPSA) is 127 Å². The molecule has 21 heavy (non-hydrogen) atoms. The van der Waals surface area contributed by atoms with Crippen molar-refractivity contribution in [1.82, 2.24) is 0 Å². The largest absolute Gasteiger partial charge is 0.479 e. The van der Waals surface area contributed by atoms with Crippen molar-refractivity contribution < 1.29 is 38.9 Å². The molecular weight excluding hydrogens is 284 g/mol. The predicted molar refractivity (Wildman–Crippen MR) is 64.9 cm³/mol. The van der Waals surface area contributed by atoms with Crippen molar-refractivity contribution in [1.29, 1.82) is 0 Å². The van der Waals surface area contributed by atoms with Crippen molar-refractivity contribution in [2.24, 2.45) is 23.7 Å². The maximum Gasteiger partial charge on any atom is 0.341 e. The Morgan fingerprint density at radius 3 is 1.57 bits per heavy atom. The minimum Gasteiger partial charge on any atom is -0.479 e. The van der Waals surface area contributed by atoms with Gasteiger partial charge in [-0.05, 0) is 18.3 Å². The number of fused-ring (bicyclic) bond motifs is 2. The van der Waals surface area contributed by atoms with Gasteiger partial charge in [0.15, 0.2) is 13.2 Å². The summed E-state index contributed by atoms with van der Waals surface area (Å²) in [5.74, 6) is -6.17. The SMILES string of the molecule is O=C(O)COC(=O)C1C2C=CC(C2)C1C(=O)OCC(=O)O. The third-order valence-corrected chi connectivity index (χ3v) is 3.68. The number of aliphatic carboxylic acids is 2. The highest BCUT2D eigenvalue weighted by Gasteiger charge is 2.53. The van der Waals surface area contributed by atoms with Gasteiger partial charge in [0.25, 0.3) is 0 Å². The van der Waals surface area contributed by atoms with Gasteiger partial charge in [-0.2, -0.15) is 0 Å². The van der Waals surface area contributed by atoms with Crippen LogP contribution < -0.4 is 0 Å². The summed E-state index contributed by atoms with van der Waals surface area (Å²) >= 11 is 0. The summed E-state index contributed by atoms with van der Waals surface area (Å²) in [6.07, 6.45) is 4.15. The zero-order valence-electron chi connectivity index (χ0n) is 10.9. The van der Waals surface area contributed by atoms with E-state index in [4.69, 9.17) is 10.2 Å². The summed E-state index contributed by atoms with van der Waals surface area (Å²) in [5.41, 5.74) is 0. The first-order chi connectivity index (χ1) is 9.90. The molecule has 0 aliphatic heterocycles. The van der Waals surface area contributed by atoms with Crippen LogP contribution in [0, 0.1) is 23.7 Å². The fraction of sp³-hybridized carbons (Fsp3) is 0.538. The predicted octanol–water partition coefficient (Wildman–Crippen LogP) is -0.320. The fourth-order valence-corrected chi connectivity index (χ4v) is 2.92. The number of ether oxygens (including phenoxy) is 2. The Morgan fingerprint density at radius 2 is 1.24 bits per heavy atom. The van der Waals surface area contributed by atoms with Crippen LogP contribution >= 0.6 is 0 Å². The molecule has 0 aromatic rings. The van der Waals surface area contributed by atoms with E-state index < -0.39 is 48.9 Å². The number of hydrogen-bond donors (Lipinski definition) is 2. The van der Waals surface area contributed by atoms with E-state index in [0.29, 0.717) is 6.42 Å². The Balaban J connectivity index is 2.05. The van der Waals surface area contributed by atoms with Crippen molar-refractivity contribution in [3.63, 3.8) is 0 Å². The van der Waals surface area contributed by atoms with Gasteiger partial charge in [0.1, 0.15) is 0 Å². The van der Waals surface area contributed by atoms with E-state index in [-0.39, 0.29) is 11.8 Å². The lowest BCUT2D eigenvalue weighted by Gasteiger charge is -2.24. The van der Waals surface area contributed by atoms with E-state index >= 15 is 0 Å². The molecule has 1 saturated carbocycles. The van der Waals surface area contributed by atoms with Gasteiger partial charge in [0.2, 0.25) is 0 Å². The standard InChI is InChI=1S/C13H14O8/c14-8(15)4-20-12(18)10-6-1-2-7(3-6)11(10)13(19)21-5-9(16)17/h1-2,6-7,10-11H,3-5H2,(H,14,15)(H,16,17). The molecule has 0 radical (unpaired) electrons. The second-order valence-corrected chi connectivity index (χ2v) is 5.00. The van der Waals surface area contributed by atoms with Crippen LogP contribution in [0.3, 0.4) is 0 Å². The summed E-state index contributed by atoms with van der Waals surface area (Å²) in [7, 11) is 0. The Kier molecular flexibility index (Phi) is 4.25. The molecule has 2 aliphatic carbocycles. The number of rotatable bonds is 6. The van der Waals surface area contributed by atoms with E-state index in [1.54, 1.807) is 12.2 Å². The number of carbonyl (C=O) groups excluding carboxylic acids is 2. The molecule has 0 aromatic heterocycles. The number of carbonyl (C=O) groups is 4. The summed E-state index contributed by atoms with van der Waals surface area (Å²) in [6.45, 7) is -1.54. The number of hydrogen-bond acceptors (Lipinski definition) is 6. The average molecular weight is 298 g/mol. The van der Waals surface area contributed by atoms with Gasteiger partial charge in [0, 0.05) is 0 Å². The minimum absolute atomic E-state index is 0.210. The Labute approximate surface area is 119 Å². The summed E-state index contributed by atoms with van der Waals surface area (Å²) in [4.78, 5) is 44.7. The maximum absolute atomic E-state index is 11.9. The smallest absolute Gasteiger partial charge is 0.341 e. The van der Waals surface area contributed by atoms with Gasteiger partial charge in [-0.3, -0.25) is 9.59 Å². The zero-order chi connectivity index (χ0) is 15.6. The van der Waals surface area contributed by atoms with Crippen LogP contribution in [0.15, 0.2) is 12.2 Å². The molecule has 2 bridgehead atoms. The Bertz CT molecular complexity index is 464. The third kappa shape index (κ3) is 3.21. The Morgan fingerprint density at radius 1 is 0.857 bits per heavy atom. The van der Waals surface area contributed by atoms with Gasteiger partial charge >= 0.3 is 23.9 Å². The average Bonchev–Trinajstić information content (AvgIpc) is 3.02. The number of carboxylic acids is 2. The second kappa shape index (κ2) is 5.94. The van der Waals surface area contributed by atoms with Crippen molar-refractivity contribution >= 4 is 23.9 Å². The van der Waals surface area contributed by atoms with E-state index in [2.05, 4.69) is 9.47 Å². The highest BCUT2D eigenvalue weighted by molar-refractivity contribution is 5.86. The van der Waals surface area contributed by atoms with Crippen LogP contribution in [0.4, 0.5) is 0 Å². The van der Waals surface area contributed by atoms with Crippen molar-refractivity contribution in [3.05, 3.63) is 12.2 Å².